The summed E-state index contributed by atoms with van der Waals surface area (Å²) in [6.07, 6.45) is 3.20. The van der Waals surface area contributed by atoms with Gasteiger partial charge in [0.05, 0.1) is 0 Å². The Hall–Kier alpha value is -2.68. The van der Waals surface area contributed by atoms with Gasteiger partial charge in [0.25, 0.3) is 0 Å². The Labute approximate surface area is 123 Å². The first-order chi connectivity index (χ1) is 10.2. The van der Waals surface area contributed by atoms with Crippen LogP contribution < -0.4 is 4.74 Å². The molecule has 0 saturated carbocycles. The maximum Gasteiger partial charge on any atom is 0.185 e. The molecule has 0 unspecified atom stereocenters. The second-order valence-corrected chi connectivity index (χ2v) is 4.59. The maximum atomic E-state index is 12.0. The largest absolute Gasteiger partial charge is 0.485 e. The number of carbonyl (C=O) groups is 2. The van der Waals surface area contributed by atoms with Gasteiger partial charge < -0.3 is 4.74 Å². The van der Waals surface area contributed by atoms with Gasteiger partial charge in [-0.2, -0.15) is 0 Å². The van der Waals surface area contributed by atoms with Gasteiger partial charge in [-0.3, -0.25) is 9.59 Å². The summed E-state index contributed by atoms with van der Waals surface area (Å²) < 4.78 is 5.42. The number of Topliss-reactive ketones (excluding diaryl/α,β-unsaturated/α-hetero) is 1. The van der Waals surface area contributed by atoms with E-state index in [0.29, 0.717) is 11.3 Å². The van der Waals surface area contributed by atoms with Gasteiger partial charge in [0, 0.05) is 11.1 Å². The summed E-state index contributed by atoms with van der Waals surface area (Å²) in [5.74, 6) is 0.468. The molecule has 21 heavy (non-hydrogen) atoms. The first-order valence-electron chi connectivity index (χ1n) is 6.65. The normalized spacial score (nSPS) is 10.5. The van der Waals surface area contributed by atoms with Crippen LogP contribution in [0.4, 0.5) is 0 Å². The molecule has 0 amide bonds. The summed E-state index contributed by atoms with van der Waals surface area (Å²) in [7, 11) is 0. The van der Waals surface area contributed by atoms with Crippen LogP contribution in [0.2, 0.25) is 0 Å². The van der Waals surface area contributed by atoms with Crippen LogP contribution in [0.5, 0.6) is 5.75 Å². The first kappa shape index (κ1) is 14.7. The lowest BCUT2D eigenvalue weighted by Gasteiger charge is -2.07. The van der Waals surface area contributed by atoms with Crippen LogP contribution in [-0.2, 0) is 4.79 Å². The average molecular weight is 280 g/mol. The van der Waals surface area contributed by atoms with Crippen molar-refractivity contribution in [2.75, 3.05) is 6.61 Å². The van der Waals surface area contributed by atoms with Crippen LogP contribution in [-0.4, -0.2) is 18.2 Å². The quantitative estimate of drug-likeness (QED) is 0.600. The molecular formula is C18H16O3. The molecule has 3 heteroatoms. The van der Waals surface area contributed by atoms with Gasteiger partial charge in [-0.25, -0.2) is 0 Å². The minimum Gasteiger partial charge on any atom is -0.485 e. The molecule has 0 N–H and O–H groups in total. The minimum atomic E-state index is -0.0722. The van der Waals surface area contributed by atoms with E-state index in [4.69, 9.17) is 4.74 Å². The average Bonchev–Trinajstić information content (AvgIpc) is 2.52. The second kappa shape index (κ2) is 7.20. The number of hydrogen-bond donors (Lipinski definition) is 0. The van der Waals surface area contributed by atoms with E-state index in [2.05, 4.69) is 0 Å². The zero-order chi connectivity index (χ0) is 15.1. The van der Waals surface area contributed by atoms with Crippen LogP contribution in [0.15, 0.2) is 60.7 Å². The van der Waals surface area contributed by atoms with Crippen molar-refractivity contribution in [2.45, 2.75) is 6.92 Å². The topological polar surface area (TPSA) is 43.4 Å². The molecule has 2 rings (SSSR count). The Balaban J connectivity index is 2.13. The van der Waals surface area contributed by atoms with Gasteiger partial charge in [0.1, 0.15) is 12.4 Å². The first-order valence-corrected chi connectivity index (χ1v) is 6.65. The Bertz CT molecular complexity index is 657. The number of para-hydroxylation sites is 1. The second-order valence-electron chi connectivity index (χ2n) is 4.59. The molecule has 0 atom stereocenters. The molecule has 3 nitrogen and oxygen atoms in total. The Morgan fingerprint density at radius 1 is 1.00 bits per heavy atom. The van der Waals surface area contributed by atoms with Gasteiger partial charge in [0.2, 0.25) is 0 Å². The van der Waals surface area contributed by atoms with Crippen molar-refractivity contribution < 1.29 is 14.3 Å². The van der Waals surface area contributed by atoms with E-state index in [-0.39, 0.29) is 18.2 Å². The van der Waals surface area contributed by atoms with Crippen LogP contribution >= 0.6 is 0 Å². The Morgan fingerprint density at radius 2 is 1.67 bits per heavy atom. The van der Waals surface area contributed by atoms with E-state index in [1.165, 1.54) is 13.0 Å². The van der Waals surface area contributed by atoms with E-state index in [9.17, 15) is 9.59 Å². The molecule has 2 aromatic rings. The lowest BCUT2D eigenvalue weighted by Crippen LogP contribution is -2.07. The summed E-state index contributed by atoms with van der Waals surface area (Å²) in [5, 5.41) is 0. The number of rotatable bonds is 6. The lowest BCUT2D eigenvalue weighted by molar-refractivity contribution is -0.118. The third-order valence-electron chi connectivity index (χ3n) is 2.82. The molecule has 2 aromatic carbocycles. The molecule has 0 aliphatic heterocycles. The van der Waals surface area contributed by atoms with Crippen molar-refractivity contribution in [1.29, 1.82) is 0 Å². The van der Waals surface area contributed by atoms with Gasteiger partial charge >= 0.3 is 0 Å². The molecule has 0 radical (unpaired) electrons. The number of hydrogen-bond acceptors (Lipinski definition) is 3. The van der Waals surface area contributed by atoms with Crippen molar-refractivity contribution in [2.24, 2.45) is 0 Å². The van der Waals surface area contributed by atoms with Gasteiger partial charge in [-0.1, -0.05) is 48.5 Å². The van der Waals surface area contributed by atoms with Crippen molar-refractivity contribution in [3.63, 3.8) is 0 Å². The third kappa shape index (κ3) is 4.42. The molecule has 0 aromatic heterocycles. The zero-order valence-electron chi connectivity index (χ0n) is 11.8. The smallest absolute Gasteiger partial charge is 0.185 e. The fraction of sp³-hybridized carbons (Fsp3) is 0.111. The van der Waals surface area contributed by atoms with E-state index in [1.54, 1.807) is 24.3 Å². The van der Waals surface area contributed by atoms with Crippen LogP contribution in [0.1, 0.15) is 22.8 Å². The zero-order valence-corrected chi connectivity index (χ0v) is 11.8. The van der Waals surface area contributed by atoms with Crippen LogP contribution in [0.3, 0.4) is 0 Å². The predicted molar refractivity (Wildman–Crippen MR) is 82.4 cm³/mol. The highest BCUT2D eigenvalue weighted by molar-refractivity contribution is 6.06. The van der Waals surface area contributed by atoms with Crippen LogP contribution in [0, 0.1) is 0 Å². The standard InChI is InChI=1S/C18H16O3/c1-14(19)13-21-18-10-6-5-9-16(18)11-12-17(20)15-7-3-2-4-8-15/h2-12H,13H2,1H3/b12-11+. The number of ether oxygens (including phenoxy) is 1. The Kier molecular flexibility index (Phi) is 5.04. The van der Waals surface area contributed by atoms with Gasteiger partial charge in [-0.05, 0) is 25.1 Å². The van der Waals surface area contributed by atoms with E-state index in [1.807, 2.05) is 36.4 Å². The number of ketones is 2. The highest BCUT2D eigenvalue weighted by Crippen LogP contribution is 2.19. The van der Waals surface area contributed by atoms with E-state index < -0.39 is 0 Å². The lowest BCUT2D eigenvalue weighted by atomic mass is 10.1. The molecule has 0 fully saturated rings. The molecule has 0 aliphatic carbocycles. The predicted octanol–water partition coefficient (Wildman–Crippen LogP) is 3.55. The molecule has 0 saturated heterocycles. The SMILES string of the molecule is CC(=O)COc1ccccc1/C=C/C(=O)c1ccccc1. The van der Waals surface area contributed by atoms with Crippen molar-refractivity contribution in [3.8, 4) is 5.75 Å². The molecular weight excluding hydrogens is 264 g/mol. The summed E-state index contributed by atoms with van der Waals surface area (Å²) in [4.78, 5) is 23.0. The fourth-order valence-electron chi connectivity index (χ4n) is 1.79. The van der Waals surface area contributed by atoms with E-state index in [0.717, 1.165) is 5.56 Å². The van der Waals surface area contributed by atoms with Crippen molar-refractivity contribution in [3.05, 3.63) is 71.8 Å². The molecule has 0 spiro atoms. The van der Waals surface area contributed by atoms with Crippen molar-refractivity contribution in [1.82, 2.24) is 0 Å². The number of allylic oxidation sites excluding steroid dienone is 1. The molecule has 106 valence electrons. The fourth-order valence-corrected chi connectivity index (χ4v) is 1.79. The van der Waals surface area contributed by atoms with E-state index >= 15 is 0 Å². The maximum absolute atomic E-state index is 12.0. The summed E-state index contributed by atoms with van der Waals surface area (Å²) >= 11 is 0. The Morgan fingerprint density at radius 3 is 2.38 bits per heavy atom. The van der Waals surface area contributed by atoms with Crippen molar-refractivity contribution >= 4 is 17.6 Å². The highest BCUT2D eigenvalue weighted by atomic mass is 16.5. The molecule has 0 aliphatic rings. The number of benzene rings is 2. The van der Waals surface area contributed by atoms with Crippen LogP contribution in [0.25, 0.3) is 6.08 Å². The molecule has 0 bridgehead atoms. The summed E-state index contributed by atoms with van der Waals surface area (Å²) in [5.41, 5.74) is 1.40. The minimum absolute atomic E-state index is 0.0253. The van der Waals surface area contributed by atoms with Gasteiger partial charge in [0.15, 0.2) is 11.6 Å². The number of carbonyl (C=O) groups excluding carboxylic acids is 2. The monoisotopic (exact) mass is 280 g/mol. The third-order valence-corrected chi connectivity index (χ3v) is 2.82. The summed E-state index contributed by atoms with van der Waals surface area (Å²) in [6, 6.07) is 16.3. The highest BCUT2D eigenvalue weighted by Gasteiger charge is 2.03. The summed E-state index contributed by atoms with van der Waals surface area (Å²) in [6.45, 7) is 1.49. The van der Waals surface area contributed by atoms with Gasteiger partial charge in [-0.15, -0.1) is 0 Å². The molecule has 0 heterocycles.